The Morgan fingerprint density at radius 3 is 2.88 bits per heavy atom. The van der Waals surface area contributed by atoms with Crippen molar-refractivity contribution < 1.29 is 15.3 Å². The Morgan fingerprint density at radius 1 is 1.47 bits per heavy atom. The van der Waals surface area contributed by atoms with Gasteiger partial charge in [0.15, 0.2) is 0 Å². The van der Waals surface area contributed by atoms with Crippen molar-refractivity contribution in [2.24, 2.45) is 0 Å². The maximum Gasteiger partial charge on any atom is 0.293 e. The van der Waals surface area contributed by atoms with E-state index in [0.29, 0.717) is 30.3 Å². The van der Waals surface area contributed by atoms with Gasteiger partial charge >= 0.3 is 0 Å². The Labute approximate surface area is 104 Å². The third kappa shape index (κ3) is 4.18. The van der Waals surface area contributed by atoms with E-state index in [1.165, 1.54) is 6.07 Å². The number of hydrogen-bond acceptors (Lipinski definition) is 4. The summed E-state index contributed by atoms with van der Waals surface area (Å²) in [5.74, 6) is 0. The van der Waals surface area contributed by atoms with E-state index in [1.807, 2.05) is 5.32 Å². The van der Waals surface area contributed by atoms with Crippen LogP contribution >= 0.6 is 11.6 Å². The summed E-state index contributed by atoms with van der Waals surface area (Å²) in [6.45, 7) is 1.99. The number of nitrogens with one attached hydrogen (secondary N) is 1. The van der Waals surface area contributed by atoms with Gasteiger partial charge in [-0.2, -0.15) is 0 Å². The molecule has 0 spiro atoms. The van der Waals surface area contributed by atoms with Gasteiger partial charge in [0.1, 0.15) is 5.69 Å². The maximum absolute atomic E-state index is 10.8. The van der Waals surface area contributed by atoms with E-state index in [2.05, 4.69) is 5.32 Å². The van der Waals surface area contributed by atoms with E-state index in [9.17, 15) is 10.1 Å². The first-order valence-corrected chi connectivity index (χ1v) is 5.64. The van der Waals surface area contributed by atoms with Gasteiger partial charge in [-0.3, -0.25) is 10.1 Å². The molecule has 0 bridgehead atoms. The van der Waals surface area contributed by atoms with Gasteiger partial charge in [-0.1, -0.05) is 17.7 Å². The summed E-state index contributed by atoms with van der Waals surface area (Å²) in [5.41, 5.74) is 0.316. The summed E-state index contributed by atoms with van der Waals surface area (Å²) in [5, 5.41) is 24.5. The third-order valence-electron chi connectivity index (χ3n) is 2.17. The fraction of sp³-hybridized carbons (Fsp3) is 0.400. The summed E-state index contributed by atoms with van der Waals surface area (Å²) in [4.78, 5) is 10.3. The van der Waals surface area contributed by atoms with Crippen LogP contribution in [0, 0.1) is 10.1 Å². The van der Waals surface area contributed by atoms with E-state index in [0.717, 1.165) is 0 Å². The number of benzene rings is 1. The van der Waals surface area contributed by atoms with Gasteiger partial charge < -0.3 is 15.7 Å². The van der Waals surface area contributed by atoms with Crippen molar-refractivity contribution in [1.29, 1.82) is 0 Å². The van der Waals surface area contributed by atoms with Crippen LogP contribution < -0.4 is 10.6 Å². The van der Waals surface area contributed by atoms with Gasteiger partial charge in [-0.25, -0.2) is 0 Å². The van der Waals surface area contributed by atoms with Crippen molar-refractivity contribution in [3.05, 3.63) is 33.3 Å². The van der Waals surface area contributed by atoms with Crippen molar-refractivity contribution in [1.82, 2.24) is 0 Å². The lowest BCUT2D eigenvalue weighted by molar-refractivity contribution is -0.653. The Kier molecular flexibility index (Phi) is 5.68. The van der Waals surface area contributed by atoms with Crippen molar-refractivity contribution in [2.45, 2.75) is 0 Å². The molecule has 1 aromatic carbocycles. The van der Waals surface area contributed by atoms with Crippen LogP contribution in [0.15, 0.2) is 18.2 Å². The average molecular weight is 261 g/mol. The van der Waals surface area contributed by atoms with Crippen LogP contribution in [0.1, 0.15) is 0 Å². The Bertz CT molecular complexity index is 387. The van der Waals surface area contributed by atoms with Crippen LogP contribution in [-0.4, -0.2) is 36.3 Å². The lowest BCUT2D eigenvalue weighted by Gasteiger charge is -2.07. The SMILES string of the molecule is O=[N+]([O-])c1cccc(Cl)c1NCC[NH2+]CCO. The largest absolute Gasteiger partial charge is 0.391 e. The lowest BCUT2D eigenvalue weighted by atomic mass is 10.2. The number of aliphatic hydroxyl groups excluding tert-OH is 1. The van der Waals surface area contributed by atoms with E-state index in [-0.39, 0.29) is 12.3 Å². The summed E-state index contributed by atoms with van der Waals surface area (Å²) >= 11 is 5.90. The Balaban J connectivity index is 2.60. The molecule has 7 heteroatoms. The number of nitrogens with zero attached hydrogens (tertiary/aromatic N) is 1. The third-order valence-corrected chi connectivity index (χ3v) is 2.49. The van der Waals surface area contributed by atoms with Crippen LogP contribution in [0.25, 0.3) is 0 Å². The van der Waals surface area contributed by atoms with Crippen molar-refractivity contribution >= 4 is 23.0 Å². The number of nitro benzene ring substituents is 1. The molecule has 0 saturated carbocycles. The number of rotatable bonds is 7. The number of aliphatic hydroxyl groups is 1. The molecular weight excluding hydrogens is 246 g/mol. The average Bonchev–Trinajstić information content (AvgIpc) is 2.30. The minimum Gasteiger partial charge on any atom is -0.391 e. The second-order valence-electron chi connectivity index (χ2n) is 3.41. The molecule has 1 rings (SSSR count). The van der Waals surface area contributed by atoms with Crippen LogP contribution in [0.3, 0.4) is 0 Å². The van der Waals surface area contributed by atoms with Gasteiger partial charge in [0.25, 0.3) is 5.69 Å². The first-order chi connectivity index (χ1) is 8.16. The van der Waals surface area contributed by atoms with Crippen LogP contribution in [0.5, 0.6) is 0 Å². The standard InChI is InChI=1S/C10H14ClN3O3/c11-8-2-1-3-9(14(16)17)10(8)13-5-4-12-6-7-15/h1-3,12-13,15H,4-7H2/p+1. The monoisotopic (exact) mass is 260 g/mol. The molecule has 0 amide bonds. The molecule has 0 aliphatic carbocycles. The van der Waals surface area contributed by atoms with E-state index >= 15 is 0 Å². The summed E-state index contributed by atoms with van der Waals surface area (Å²) in [7, 11) is 0. The Morgan fingerprint density at radius 2 is 2.24 bits per heavy atom. The number of nitrogens with two attached hydrogens (primary N) is 1. The highest BCUT2D eigenvalue weighted by Crippen LogP contribution is 2.31. The quantitative estimate of drug-likeness (QED) is 0.371. The summed E-state index contributed by atoms with van der Waals surface area (Å²) in [6.07, 6.45) is 0. The molecule has 0 saturated heterocycles. The molecule has 17 heavy (non-hydrogen) atoms. The molecule has 0 radical (unpaired) electrons. The molecule has 0 unspecified atom stereocenters. The van der Waals surface area contributed by atoms with Gasteiger partial charge in [-0.05, 0) is 6.07 Å². The van der Waals surface area contributed by atoms with Crippen molar-refractivity contribution in [3.63, 3.8) is 0 Å². The highest BCUT2D eigenvalue weighted by molar-refractivity contribution is 6.33. The first kappa shape index (κ1) is 13.7. The predicted molar refractivity (Wildman–Crippen MR) is 65.3 cm³/mol. The zero-order chi connectivity index (χ0) is 12.7. The molecule has 0 heterocycles. The number of halogens is 1. The highest BCUT2D eigenvalue weighted by Gasteiger charge is 2.15. The molecule has 4 N–H and O–H groups in total. The minimum absolute atomic E-state index is 0.0281. The zero-order valence-electron chi connectivity index (χ0n) is 9.23. The highest BCUT2D eigenvalue weighted by atomic mass is 35.5. The smallest absolute Gasteiger partial charge is 0.293 e. The van der Waals surface area contributed by atoms with Crippen LogP contribution in [0.4, 0.5) is 11.4 Å². The fourth-order valence-corrected chi connectivity index (χ4v) is 1.61. The number of anilines is 1. The molecule has 94 valence electrons. The number of para-hydroxylation sites is 1. The fourth-order valence-electron chi connectivity index (χ4n) is 1.37. The molecule has 6 nitrogen and oxygen atoms in total. The number of nitro groups is 1. The molecule has 1 aromatic rings. The summed E-state index contributed by atoms with van der Waals surface area (Å²) in [6, 6.07) is 4.56. The number of hydrogen-bond donors (Lipinski definition) is 3. The topological polar surface area (TPSA) is 92.0 Å². The van der Waals surface area contributed by atoms with Crippen LogP contribution in [0.2, 0.25) is 5.02 Å². The molecular formula is C10H15ClN3O3+. The first-order valence-electron chi connectivity index (χ1n) is 5.26. The van der Waals surface area contributed by atoms with Crippen LogP contribution in [-0.2, 0) is 0 Å². The second kappa shape index (κ2) is 7.05. The Hall–Kier alpha value is -1.37. The lowest BCUT2D eigenvalue weighted by Crippen LogP contribution is -2.86. The summed E-state index contributed by atoms with van der Waals surface area (Å²) < 4.78 is 0. The second-order valence-corrected chi connectivity index (χ2v) is 3.81. The minimum atomic E-state index is -0.467. The van der Waals surface area contributed by atoms with E-state index < -0.39 is 4.92 Å². The number of quaternary nitrogens is 1. The normalized spacial score (nSPS) is 10.2. The molecule has 0 atom stereocenters. The van der Waals surface area contributed by atoms with E-state index in [1.54, 1.807) is 12.1 Å². The molecule has 0 aromatic heterocycles. The molecule has 0 aliphatic rings. The zero-order valence-corrected chi connectivity index (χ0v) is 9.98. The maximum atomic E-state index is 10.8. The van der Waals surface area contributed by atoms with Gasteiger partial charge in [0, 0.05) is 6.07 Å². The molecule has 0 aliphatic heterocycles. The van der Waals surface area contributed by atoms with E-state index in [4.69, 9.17) is 16.7 Å². The van der Waals surface area contributed by atoms with Gasteiger partial charge in [0.2, 0.25) is 0 Å². The predicted octanol–water partition coefficient (Wildman–Crippen LogP) is 0.216. The van der Waals surface area contributed by atoms with Gasteiger partial charge in [-0.15, -0.1) is 0 Å². The van der Waals surface area contributed by atoms with Gasteiger partial charge in [0.05, 0.1) is 36.2 Å². The molecule has 0 fully saturated rings. The van der Waals surface area contributed by atoms with Crippen molar-refractivity contribution in [3.8, 4) is 0 Å². The van der Waals surface area contributed by atoms with Crippen molar-refractivity contribution in [2.75, 3.05) is 31.6 Å².